The molecule has 0 saturated carbocycles. The Labute approximate surface area is 144 Å². The van der Waals surface area contributed by atoms with Gasteiger partial charge in [0.15, 0.2) is 0 Å². The quantitative estimate of drug-likeness (QED) is 0.835. The van der Waals surface area contributed by atoms with Gasteiger partial charge in [0.05, 0.1) is 11.7 Å². The third-order valence-corrected chi connectivity index (χ3v) is 7.07. The van der Waals surface area contributed by atoms with Crippen molar-refractivity contribution >= 4 is 15.9 Å². The Morgan fingerprint density at radius 1 is 1.21 bits per heavy atom. The fraction of sp³-hybridized carbons (Fsp3) is 0.611. The third kappa shape index (κ3) is 3.64. The van der Waals surface area contributed by atoms with Crippen molar-refractivity contribution in [3.05, 3.63) is 35.4 Å². The molecule has 1 aromatic rings. The first kappa shape index (κ1) is 17.4. The standard InChI is InChI=1S/C18H26N2O3S/c1-2-12-24(22,23)20-10-5-8-17(14-20)18(21)19-11-9-15-6-3-4-7-16(15)13-19/h3-4,6-7,17H,2,5,8-14H2,1H3. The molecule has 0 aliphatic carbocycles. The average Bonchev–Trinajstić information content (AvgIpc) is 2.61. The maximum atomic E-state index is 12.9. The van der Waals surface area contributed by atoms with Crippen LogP contribution in [0.15, 0.2) is 24.3 Å². The number of fused-ring (bicyclic) bond motifs is 1. The van der Waals surface area contributed by atoms with E-state index in [4.69, 9.17) is 0 Å². The molecule has 1 amide bonds. The molecule has 0 aromatic heterocycles. The highest BCUT2D eigenvalue weighted by Gasteiger charge is 2.34. The Morgan fingerprint density at radius 3 is 2.71 bits per heavy atom. The van der Waals surface area contributed by atoms with E-state index in [1.807, 2.05) is 24.0 Å². The number of carbonyl (C=O) groups excluding carboxylic acids is 1. The number of sulfonamides is 1. The average molecular weight is 350 g/mol. The monoisotopic (exact) mass is 350 g/mol. The summed E-state index contributed by atoms with van der Waals surface area (Å²) in [6.07, 6.45) is 3.05. The van der Waals surface area contributed by atoms with Crippen molar-refractivity contribution in [2.24, 2.45) is 5.92 Å². The fourth-order valence-electron chi connectivity index (χ4n) is 3.73. The summed E-state index contributed by atoms with van der Waals surface area (Å²) < 4.78 is 26.1. The van der Waals surface area contributed by atoms with Gasteiger partial charge in [-0.3, -0.25) is 4.79 Å². The van der Waals surface area contributed by atoms with Crippen LogP contribution in [0.1, 0.15) is 37.3 Å². The van der Waals surface area contributed by atoms with Gasteiger partial charge < -0.3 is 4.90 Å². The molecule has 1 atom stereocenters. The van der Waals surface area contributed by atoms with Crippen molar-refractivity contribution in [3.63, 3.8) is 0 Å². The van der Waals surface area contributed by atoms with Crippen molar-refractivity contribution in [2.75, 3.05) is 25.4 Å². The van der Waals surface area contributed by atoms with Crippen LogP contribution in [0.5, 0.6) is 0 Å². The molecule has 0 bridgehead atoms. The molecule has 6 heteroatoms. The van der Waals surface area contributed by atoms with E-state index >= 15 is 0 Å². The number of benzene rings is 1. The van der Waals surface area contributed by atoms with E-state index in [0.29, 0.717) is 26.1 Å². The van der Waals surface area contributed by atoms with Gasteiger partial charge in [0.2, 0.25) is 15.9 Å². The number of amides is 1. The van der Waals surface area contributed by atoms with Gasteiger partial charge in [-0.25, -0.2) is 12.7 Å². The van der Waals surface area contributed by atoms with Crippen LogP contribution in [0, 0.1) is 5.92 Å². The summed E-state index contributed by atoms with van der Waals surface area (Å²) >= 11 is 0. The Kier molecular flexibility index (Phi) is 5.25. The summed E-state index contributed by atoms with van der Waals surface area (Å²) in [5, 5.41) is 0. The van der Waals surface area contributed by atoms with Gasteiger partial charge in [-0.05, 0) is 36.8 Å². The summed E-state index contributed by atoms with van der Waals surface area (Å²) in [6, 6.07) is 8.24. The minimum atomic E-state index is -3.22. The summed E-state index contributed by atoms with van der Waals surface area (Å²) in [6.45, 7) is 4.14. The number of rotatable bonds is 4. The van der Waals surface area contributed by atoms with Crippen LogP contribution in [0.25, 0.3) is 0 Å². The Balaban J connectivity index is 1.67. The molecule has 2 aliphatic heterocycles. The van der Waals surface area contributed by atoms with E-state index in [0.717, 1.165) is 25.8 Å². The van der Waals surface area contributed by atoms with Gasteiger partial charge in [0.1, 0.15) is 0 Å². The van der Waals surface area contributed by atoms with Crippen molar-refractivity contribution in [2.45, 2.75) is 39.2 Å². The Bertz CT molecular complexity index is 702. The molecule has 3 rings (SSSR count). The highest BCUT2D eigenvalue weighted by molar-refractivity contribution is 7.89. The van der Waals surface area contributed by atoms with E-state index in [2.05, 4.69) is 12.1 Å². The number of nitrogens with zero attached hydrogens (tertiary/aromatic N) is 2. The first-order valence-corrected chi connectivity index (χ1v) is 10.5. The molecule has 0 N–H and O–H groups in total. The van der Waals surface area contributed by atoms with Gasteiger partial charge in [-0.1, -0.05) is 31.2 Å². The van der Waals surface area contributed by atoms with E-state index in [-0.39, 0.29) is 17.6 Å². The smallest absolute Gasteiger partial charge is 0.227 e. The van der Waals surface area contributed by atoms with Crippen LogP contribution in [0.3, 0.4) is 0 Å². The lowest BCUT2D eigenvalue weighted by atomic mass is 9.95. The first-order chi connectivity index (χ1) is 11.5. The molecule has 24 heavy (non-hydrogen) atoms. The maximum absolute atomic E-state index is 12.9. The number of carbonyl (C=O) groups is 1. The zero-order valence-electron chi connectivity index (χ0n) is 14.3. The van der Waals surface area contributed by atoms with Crippen molar-refractivity contribution in [3.8, 4) is 0 Å². The molecule has 0 spiro atoms. The van der Waals surface area contributed by atoms with Crippen molar-refractivity contribution < 1.29 is 13.2 Å². The molecule has 2 aliphatic rings. The van der Waals surface area contributed by atoms with E-state index < -0.39 is 10.0 Å². The van der Waals surface area contributed by atoms with Gasteiger partial charge in [-0.15, -0.1) is 0 Å². The molecule has 2 heterocycles. The van der Waals surface area contributed by atoms with Gasteiger partial charge >= 0.3 is 0 Å². The Morgan fingerprint density at radius 2 is 1.96 bits per heavy atom. The fourth-order valence-corrected chi connectivity index (χ4v) is 5.31. The second-order valence-corrected chi connectivity index (χ2v) is 8.88. The lowest BCUT2D eigenvalue weighted by Gasteiger charge is -2.36. The highest BCUT2D eigenvalue weighted by atomic mass is 32.2. The molecule has 132 valence electrons. The van der Waals surface area contributed by atoms with E-state index in [1.54, 1.807) is 0 Å². The zero-order valence-corrected chi connectivity index (χ0v) is 15.1. The van der Waals surface area contributed by atoms with Crippen LogP contribution in [-0.4, -0.2) is 48.9 Å². The van der Waals surface area contributed by atoms with Crippen LogP contribution in [-0.2, 0) is 27.8 Å². The van der Waals surface area contributed by atoms with Crippen LogP contribution in [0.4, 0.5) is 0 Å². The van der Waals surface area contributed by atoms with Gasteiger partial charge in [0.25, 0.3) is 0 Å². The number of hydrogen-bond acceptors (Lipinski definition) is 3. The normalized spacial score (nSPS) is 22.2. The van der Waals surface area contributed by atoms with E-state index in [9.17, 15) is 13.2 Å². The van der Waals surface area contributed by atoms with Crippen molar-refractivity contribution in [1.29, 1.82) is 0 Å². The van der Waals surface area contributed by atoms with E-state index in [1.165, 1.54) is 15.4 Å². The summed E-state index contributed by atoms with van der Waals surface area (Å²) in [4.78, 5) is 14.8. The second-order valence-electron chi connectivity index (χ2n) is 6.79. The van der Waals surface area contributed by atoms with Crippen LogP contribution < -0.4 is 0 Å². The third-order valence-electron chi connectivity index (χ3n) is 5.03. The predicted octanol–water partition coefficient (Wildman–Crippen LogP) is 2.02. The summed E-state index contributed by atoms with van der Waals surface area (Å²) in [7, 11) is -3.22. The second kappa shape index (κ2) is 7.23. The first-order valence-electron chi connectivity index (χ1n) is 8.84. The predicted molar refractivity (Wildman–Crippen MR) is 93.9 cm³/mol. The van der Waals surface area contributed by atoms with Crippen LogP contribution >= 0.6 is 0 Å². The molecular formula is C18H26N2O3S. The lowest BCUT2D eigenvalue weighted by molar-refractivity contribution is -0.137. The largest absolute Gasteiger partial charge is 0.338 e. The number of piperidine rings is 1. The summed E-state index contributed by atoms with van der Waals surface area (Å²) in [5.74, 6) is 0.0851. The molecule has 1 saturated heterocycles. The van der Waals surface area contributed by atoms with Crippen molar-refractivity contribution in [1.82, 2.24) is 9.21 Å². The minimum absolute atomic E-state index is 0.112. The molecule has 5 nitrogen and oxygen atoms in total. The molecule has 1 fully saturated rings. The SMILES string of the molecule is CCCS(=O)(=O)N1CCCC(C(=O)N2CCc3ccccc3C2)C1. The lowest BCUT2D eigenvalue weighted by Crippen LogP contribution is -2.48. The minimum Gasteiger partial charge on any atom is -0.338 e. The highest BCUT2D eigenvalue weighted by Crippen LogP contribution is 2.25. The molecular weight excluding hydrogens is 324 g/mol. The van der Waals surface area contributed by atoms with Crippen LogP contribution in [0.2, 0.25) is 0 Å². The molecule has 1 aromatic carbocycles. The van der Waals surface area contributed by atoms with Gasteiger partial charge in [0, 0.05) is 26.2 Å². The number of hydrogen-bond donors (Lipinski definition) is 0. The molecule has 1 unspecified atom stereocenters. The zero-order chi connectivity index (χ0) is 17.2. The summed E-state index contributed by atoms with van der Waals surface area (Å²) in [5.41, 5.74) is 2.53. The molecule has 0 radical (unpaired) electrons. The van der Waals surface area contributed by atoms with Gasteiger partial charge in [-0.2, -0.15) is 0 Å². The maximum Gasteiger partial charge on any atom is 0.227 e. The Hall–Kier alpha value is -1.40. The topological polar surface area (TPSA) is 57.7 Å².